The van der Waals surface area contributed by atoms with Gasteiger partial charge in [0.2, 0.25) is 0 Å². The Balaban J connectivity index is 2.02. The molecule has 0 saturated heterocycles. The SMILES string of the molecule is COC(=O)C1=C(C)N(CC2CC2)C(=O)N[C@@H]1c1scnc1C. The maximum absolute atomic E-state index is 12.5. The number of allylic oxidation sites excluding steroid dienone is 1. The van der Waals surface area contributed by atoms with Gasteiger partial charge in [-0.05, 0) is 32.6 Å². The highest BCUT2D eigenvalue weighted by molar-refractivity contribution is 7.09. The van der Waals surface area contributed by atoms with E-state index in [1.165, 1.54) is 18.4 Å². The highest BCUT2D eigenvalue weighted by Gasteiger charge is 2.39. The third-order valence-corrected chi connectivity index (χ3v) is 5.18. The Morgan fingerprint density at radius 1 is 1.50 bits per heavy atom. The van der Waals surface area contributed by atoms with Crippen molar-refractivity contribution in [2.24, 2.45) is 5.92 Å². The molecule has 3 rings (SSSR count). The molecule has 1 saturated carbocycles. The second kappa shape index (κ2) is 5.72. The van der Waals surface area contributed by atoms with E-state index >= 15 is 0 Å². The molecule has 1 N–H and O–H groups in total. The lowest BCUT2D eigenvalue weighted by Crippen LogP contribution is -2.48. The molecule has 0 unspecified atom stereocenters. The molecule has 0 spiro atoms. The monoisotopic (exact) mass is 321 g/mol. The van der Waals surface area contributed by atoms with E-state index < -0.39 is 12.0 Å². The molecule has 1 fully saturated rings. The van der Waals surface area contributed by atoms with Crippen molar-refractivity contribution >= 4 is 23.3 Å². The van der Waals surface area contributed by atoms with E-state index in [0.717, 1.165) is 23.4 Å². The first-order valence-corrected chi connectivity index (χ1v) is 8.18. The number of nitrogens with one attached hydrogen (secondary N) is 1. The zero-order chi connectivity index (χ0) is 15.9. The molecule has 6 nitrogen and oxygen atoms in total. The smallest absolute Gasteiger partial charge is 0.338 e. The van der Waals surface area contributed by atoms with Crippen LogP contribution in [0.2, 0.25) is 0 Å². The first-order chi connectivity index (χ1) is 10.5. The molecule has 118 valence electrons. The molecule has 2 heterocycles. The molecule has 1 atom stereocenters. The van der Waals surface area contributed by atoms with Gasteiger partial charge in [0.05, 0.1) is 28.8 Å². The predicted octanol–water partition coefficient (Wildman–Crippen LogP) is 2.37. The number of nitrogens with zero attached hydrogens (tertiary/aromatic N) is 2. The van der Waals surface area contributed by atoms with Crippen LogP contribution in [-0.4, -0.2) is 35.5 Å². The largest absolute Gasteiger partial charge is 0.466 e. The number of hydrogen-bond acceptors (Lipinski definition) is 5. The third kappa shape index (κ3) is 2.61. The van der Waals surface area contributed by atoms with Crippen molar-refractivity contribution in [1.29, 1.82) is 0 Å². The number of aromatic nitrogens is 1. The highest BCUT2D eigenvalue weighted by Crippen LogP contribution is 2.37. The van der Waals surface area contributed by atoms with Crippen LogP contribution < -0.4 is 5.32 Å². The van der Waals surface area contributed by atoms with Crippen molar-refractivity contribution in [1.82, 2.24) is 15.2 Å². The molecule has 7 heteroatoms. The zero-order valence-corrected chi connectivity index (χ0v) is 13.7. The minimum absolute atomic E-state index is 0.158. The molecular formula is C15H19N3O3S. The van der Waals surface area contributed by atoms with Gasteiger partial charge in [-0.25, -0.2) is 14.6 Å². The number of carbonyl (C=O) groups is 2. The normalized spacial score (nSPS) is 21.9. The summed E-state index contributed by atoms with van der Waals surface area (Å²) >= 11 is 1.43. The summed E-state index contributed by atoms with van der Waals surface area (Å²) in [5, 5.41) is 2.94. The van der Waals surface area contributed by atoms with Crippen molar-refractivity contribution < 1.29 is 14.3 Å². The number of aryl methyl sites for hydroxylation is 1. The number of thiazole rings is 1. The number of hydrogen-bond donors (Lipinski definition) is 1. The van der Waals surface area contributed by atoms with E-state index in [0.29, 0.717) is 23.7 Å². The standard InChI is InChI=1S/C15H19N3O3S/c1-8-13(22-7-16-8)12-11(14(19)21-3)9(2)18(15(20)17-12)6-10-4-5-10/h7,10,12H,4-6H2,1-3H3,(H,17,20)/t12-/m0/s1. The zero-order valence-electron chi connectivity index (χ0n) is 12.9. The van der Waals surface area contributed by atoms with Crippen molar-refractivity contribution in [2.45, 2.75) is 32.7 Å². The van der Waals surface area contributed by atoms with Crippen LogP contribution in [0.5, 0.6) is 0 Å². The quantitative estimate of drug-likeness (QED) is 0.864. The number of methoxy groups -OCH3 is 1. The maximum atomic E-state index is 12.5. The van der Waals surface area contributed by atoms with Gasteiger partial charge in [0.15, 0.2) is 0 Å². The van der Waals surface area contributed by atoms with Crippen LogP contribution in [-0.2, 0) is 9.53 Å². The van der Waals surface area contributed by atoms with Crippen LogP contribution >= 0.6 is 11.3 Å². The molecule has 1 aliphatic carbocycles. The molecule has 1 aromatic rings. The molecule has 1 aromatic heterocycles. The van der Waals surface area contributed by atoms with E-state index in [-0.39, 0.29) is 6.03 Å². The summed E-state index contributed by atoms with van der Waals surface area (Å²) < 4.78 is 4.94. The Morgan fingerprint density at radius 2 is 2.23 bits per heavy atom. The lowest BCUT2D eigenvalue weighted by atomic mass is 9.99. The van der Waals surface area contributed by atoms with E-state index in [9.17, 15) is 9.59 Å². The van der Waals surface area contributed by atoms with Crippen molar-refractivity contribution in [3.05, 3.63) is 27.4 Å². The minimum Gasteiger partial charge on any atom is -0.466 e. The number of esters is 1. The molecule has 0 radical (unpaired) electrons. The van der Waals surface area contributed by atoms with Gasteiger partial charge in [0, 0.05) is 12.2 Å². The molecule has 1 aliphatic heterocycles. The second-order valence-electron chi connectivity index (χ2n) is 5.73. The number of urea groups is 1. The summed E-state index contributed by atoms with van der Waals surface area (Å²) in [7, 11) is 1.36. The fourth-order valence-electron chi connectivity index (χ4n) is 2.72. The van der Waals surface area contributed by atoms with E-state index in [2.05, 4.69) is 10.3 Å². The fourth-order valence-corrected chi connectivity index (χ4v) is 3.58. The van der Waals surface area contributed by atoms with E-state index in [1.54, 1.807) is 10.4 Å². The lowest BCUT2D eigenvalue weighted by Gasteiger charge is -2.34. The lowest BCUT2D eigenvalue weighted by molar-refractivity contribution is -0.136. The summed E-state index contributed by atoms with van der Waals surface area (Å²) in [5.74, 6) is 0.136. The van der Waals surface area contributed by atoms with Gasteiger partial charge in [-0.2, -0.15) is 0 Å². The van der Waals surface area contributed by atoms with Gasteiger partial charge < -0.3 is 10.1 Å². The highest BCUT2D eigenvalue weighted by atomic mass is 32.1. The van der Waals surface area contributed by atoms with Gasteiger partial charge in [0.25, 0.3) is 0 Å². The van der Waals surface area contributed by atoms with Crippen molar-refractivity contribution in [3.63, 3.8) is 0 Å². The summed E-state index contributed by atoms with van der Waals surface area (Å²) in [6, 6.07) is -0.641. The molecule has 2 amide bonds. The fraction of sp³-hybridized carbons (Fsp3) is 0.533. The van der Waals surface area contributed by atoms with Crippen LogP contribution in [0.1, 0.15) is 36.4 Å². The second-order valence-corrected chi connectivity index (χ2v) is 6.62. The Labute approximate surface area is 133 Å². The van der Waals surface area contributed by atoms with E-state index in [1.807, 2.05) is 13.8 Å². The molecule has 22 heavy (non-hydrogen) atoms. The Morgan fingerprint density at radius 3 is 2.77 bits per heavy atom. The van der Waals surface area contributed by atoms with E-state index in [4.69, 9.17) is 4.74 Å². The molecule has 0 aromatic carbocycles. The Hall–Kier alpha value is -1.89. The predicted molar refractivity (Wildman–Crippen MR) is 82.3 cm³/mol. The number of amides is 2. The van der Waals surface area contributed by atoms with Crippen LogP contribution in [0, 0.1) is 12.8 Å². The maximum Gasteiger partial charge on any atom is 0.338 e. The van der Waals surface area contributed by atoms with Crippen LogP contribution in [0.25, 0.3) is 0 Å². The molecule has 2 aliphatic rings. The van der Waals surface area contributed by atoms with Gasteiger partial charge >= 0.3 is 12.0 Å². The minimum atomic E-state index is -0.483. The van der Waals surface area contributed by atoms with Gasteiger partial charge in [-0.15, -0.1) is 11.3 Å². The average Bonchev–Trinajstić information content (AvgIpc) is 3.22. The number of rotatable bonds is 4. The summed E-state index contributed by atoms with van der Waals surface area (Å²) in [4.78, 5) is 31.5. The van der Waals surface area contributed by atoms with Crippen molar-refractivity contribution in [3.8, 4) is 0 Å². The molecular weight excluding hydrogens is 302 g/mol. The van der Waals surface area contributed by atoms with Crippen LogP contribution in [0.15, 0.2) is 16.8 Å². The van der Waals surface area contributed by atoms with Crippen molar-refractivity contribution in [2.75, 3.05) is 13.7 Å². The van der Waals surface area contributed by atoms with Crippen LogP contribution in [0.4, 0.5) is 4.79 Å². The first kappa shape index (κ1) is 15.0. The third-order valence-electron chi connectivity index (χ3n) is 4.18. The van der Waals surface area contributed by atoms with Gasteiger partial charge in [-0.1, -0.05) is 0 Å². The Bertz CT molecular complexity index is 648. The summed E-state index contributed by atoms with van der Waals surface area (Å²) in [6.45, 7) is 4.35. The number of carbonyl (C=O) groups excluding carboxylic acids is 2. The summed E-state index contributed by atoms with van der Waals surface area (Å²) in [5.41, 5.74) is 3.72. The molecule has 0 bridgehead atoms. The Kier molecular flexibility index (Phi) is 3.90. The average molecular weight is 321 g/mol. The first-order valence-electron chi connectivity index (χ1n) is 7.30. The number of ether oxygens (including phenoxy) is 1. The topological polar surface area (TPSA) is 71.5 Å². The van der Waals surface area contributed by atoms with Gasteiger partial charge in [-0.3, -0.25) is 4.90 Å². The van der Waals surface area contributed by atoms with Crippen LogP contribution in [0.3, 0.4) is 0 Å². The van der Waals surface area contributed by atoms with Gasteiger partial charge in [0.1, 0.15) is 6.04 Å². The summed E-state index contributed by atoms with van der Waals surface area (Å²) in [6.07, 6.45) is 2.28.